The third kappa shape index (κ3) is 2.89. The molecule has 14 heavy (non-hydrogen) atoms. The van der Waals surface area contributed by atoms with E-state index in [0.717, 1.165) is 0 Å². The molecule has 82 valence electrons. The minimum Gasteiger partial charge on any atom is -0.461 e. The second-order valence-corrected chi connectivity index (χ2v) is 3.62. The minimum atomic E-state index is -2.53. The number of halogens is 4. The molecule has 0 amide bonds. The van der Waals surface area contributed by atoms with Crippen LogP contribution < -0.4 is 0 Å². The summed E-state index contributed by atoms with van der Waals surface area (Å²) in [4.78, 5) is 0. The summed E-state index contributed by atoms with van der Waals surface area (Å²) in [5, 5.41) is 0. The lowest BCUT2D eigenvalue weighted by Crippen LogP contribution is -2.31. The molecule has 0 aromatic rings. The fraction of sp³-hybridized carbons (Fsp3) is 0.778. The highest BCUT2D eigenvalue weighted by molar-refractivity contribution is 4.86. The first kappa shape index (κ1) is 11.3. The van der Waals surface area contributed by atoms with E-state index >= 15 is 0 Å². The largest absolute Gasteiger partial charge is 0.461 e. The Balaban J connectivity index is 2.50. The van der Waals surface area contributed by atoms with Gasteiger partial charge in [-0.05, 0) is 25.2 Å². The first-order chi connectivity index (χ1) is 6.50. The molecule has 3 unspecified atom stereocenters. The number of hydrogen-bond donors (Lipinski definition) is 0. The number of alkyl halides is 1. The third-order valence-corrected chi connectivity index (χ3v) is 2.38. The van der Waals surface area contributed by atoms with Gasteiger partial charge < -0.3 is 4.74 Å². The summed E-state index contributed by atoms with van der Waals surface area (Å²) in [5.74, 6) is 0.201. The van der Waals surface area contributed by atoms with Gasteiger partial charge in [0, 0.05) is 0 Å². The van der Waals surface area contributed by atoms with Gasteiger partial charge in [0.25, 0.3) is 0 Å². The zero-order chi connectivity index (χ0) is 10.7. The summed E-state index contributed by atoms with van der Waals surface area (Å²) >= 11 is 0. The van der Waals surface area contributed by atoms with Crippen molar-refractivity contribution in [3.05, 3.63) is 12.1 Å². The molecular formula is C9H12F4O. The standard InChI is InChI=1S/C9H12F4O/c1-5-2-3-7(6(10)4-5)14-9(13)8(11)12/h5-7H,2-4H2,1H3. The molecule has 1 rings (SSSR count). The Morgan fingerprint density at radius 1 is 1.21 bits per heavy atom. The lowest BCUT2D eigenvalue weighted by molar-refractivity contribution is -0.0291. The lowest BCUT2D eigenvalue weighted by Gasteiger charge is -2.29. The van der Waals surface area contributed by atoms with Gasteiger partial charge in [0.15, 0.2) is 0 Å². The van der Waals surface area contributed by atoms with Crippen LogP contribution in [0.15, 0.2) is 12.1 Å². The van der Waals surface area contributed by atoms with Gasteiger partial charge in [-0.15, -0.1) is 0 Å². The molecule has 0 bridgehead atoms. The average molecular weight is 212 g/mol. The molecule has 0 saturated heterocycles. The number of ether oxygens (including phenoxy) is 1. The van der Waals surface area contributed by atoms with Gasteiger partial charge in [0.2, 0.25) is 0 Å². The van der Waals surface area contributed by atoms with E-state index in [1.807, 2.05) is 6.92 Å². The predicted molar refractivity (Wildman–Crippen MR) is 43.1 cm³/mol. The molecule has 1 aliphatic rings. The van der Waals surface area contributed by atoms with Gasteiger partial charge in [-0.25, -0.2) is 4.39 Å². The summed E-state index contributed by atoms with van der Waals surface area (Å²) in [6.07, 6.45) is -3.76. The van der Waals surface area contributed by atoms with Crippen molar-refractivity contribution in [3.8, 4) is 0 Å². The van der Waals surface area contributed by atoms with E-state index in [1.54, 1.807) is 0 Å². The number of hydrogen-bond acceptors (Lipinski definition) is 1. The van der Waals surface area contributed by atoms with Gasteiger partial charge in [-0.2, -0.15) is 13.2 Å². The molecular weight excluding hydrogens is 200 g/mol. The van der Waals surface area contributed by atoms with Crippen LogP contribution in [0.4, 0.5) is 17.6 Å². The van der Waals surface area contributed by atoms with E-state index in [2.05, 4.69) is 4.74 Å². The summed E-state index contributed by atoms with van der Waals surface area (Å²) in [6, 6.07) is -1.95. The minimum absolute atomic E-state index is 0.201. The highest BCUT2D eigenvalue weighted by atomic mass is 19.3. The fourth-order valence-corrected chi connectivity index (χ4v) is 1.59. The van der Waals surface area contributed by atoms with Crippen molar-refractivity contribution < 1.29 is 22.3 Å². The molecule has 1 aliphatic carbocycles. The molecule has 0 aromatic heterocycles. The van der Waals surface area contributed by atoms with E-state index in [9.17, 15) is 17.6 Å². The Morgan fingerprint density at radius 2 is 1.86 bits per heavy atom. The van der Waals surface area contributed by atoms with Crippen LogP contribution in [0.2, 0.25) is 0 Å². The van der Waals surface area contributed by atoms with Crippen LogP contribution >= 0.6 is 0 Å². The monoisotopic (exact) mass is 212 g/mol. The van der Waals surface area contributed by atoms with E-state index < -0.39 is 24.4 Å². The summed E-state index contributed by atoms with van der Waals surface area (Å²) in [5.41, 5.74) is 0. The Morgan fingerprint density at radius 3 is 2.36 bits per heavy atom. The number of rotatable bonds is 2. The van der Waals surface area contributed by atoms with Crippen LogP contribution in [0, 0.1) is 5.92 Å². The molecule has 0 spiro atoms. The van der Waals surface area contributed by atoms with Crippen molar-refractivity contribution in [1.29, 1.82) is 0 Å². The van der Waals surface area contributed by atoms with Gasteiger partial charge in [0.05, 0.1) is 0 Å². The SMILES string of the molecule is CC1CCC(OC(F)=C(F)F)C(F)C1. The topological polar surface area (TPSA) is 9.23 Å². The van der Waals surface area contributed by atoms with Crippen molar-refractivity contribution in [2.75, 3.05) is 0 Å². The molecule has 0 heterocycles. The molecule has 3 atom stereocenters. The fourth-order valence-electron chi connectivity index (χ4n) is 1.59. The zero-order valence-corrected chi connectivity index (χ0v) is 7.77. The van der Waals surface area contributed by atoms with Gasteiger partial charge >= 0.3 is 12.1 Å². The third-order valence-electron chi connectivity index (χ3n) is 2.38. The molecule has 0 N–H and O–H groups in total. The summed E-state index contributed by atoms with van der Waals surface area (Å²) in [6.45, 7) is 1.87. The summed E-state index contributed by atoms with van der Waals surface area (Å²) < 4.78 is 53.0. The van der Waals surface area contributed by atoms with Crippen LogP contribution in [0.5, 0.6) is 0 Å². The second kappa shape index (κ2) is 4.66. The second-order valence-electron chi connectivity index (χ2n) is 3.62. The lowest BCUT2D eigenvalue weighted by atomic mass is 9.87. The molecule has 0 aromatic carbocycles. The molecule has 1 fully saturated rings. The highest BCUT2D eigenvalue weighted by Gasteiger charge is 2.31. The first-order valence-corrected chi connectivity index (χ1v) is 4.52. The van der Waals surface area contributed by atoms with Gasteiger partial charge in [-0.3, -0.25) is 0 Å². The van der Waals surface area contributed by atoms with E-state index in [-0.39, 0.29) is 18.8 Å². The maximum Gasteiger partial charge on any atom is 0.342 e. The van der Waals surface area contributed by atoms with Crippen molar-refractivity contribution in [2.45, 2.75) is 38.5 Å². The van der Waals surface area contributed by atoms with Gasteiger partial charge in [-0.1, -0.05) is 6.92 Å². The van der Waals surface area contributed by atoms with E-state index in [0.29, 0.717) is 6.42 Å². The Labute approximate surface area is 79.7 Å². The van der Waals surface area contributed by atoms with Crippen molar-refractivity contribution in [3.63, 3.8) is 0 Å². The van der Waals surface area contributed by atoms with Crippen LogP contribution in [0.25, 0.3) is 0 Å². The van der Waals surface area contributed by atoms with Crippen molar-refractivity contribution >= 4 is 0 Å². The summed E-state index contributed by atoms with van der Waals surface area (Å²) in [7, 11) is 0. The van der Waals surface area contributed by atoms with E-state index in [1.165, 1.54) is 0 Å². The van der Waals surface area contributed by atoms with Crippen LogP contribution in [-0.4, -0.2) is 12.3 Å². The van der Waals surface area contributed by atoms with Crippen LogP contribution in [0.1, 0.15) is 26.2 Å². The Hall–Kier alpha value is -0.740. The first-order valence-electron chi connectivity index (χ1n) is 4.52. The van der Waals surface area contributed by atoms with E-state index in [4.69, 9.17) is 0 Å². The quantitative estimate of drug-likeness (QED) is 0.502. The van der Waals surface area contributed by atoms with Crippen molar-refractivity contribution in [1.82, 2.24) is 0 Å². The molecule has 1 nitrogen and oxygen atoms in total. The van der Waals surface area contributed by atoms with Crippen LogP contribution in [-0.2, 0) is 4.74 Å². The smallest absolute Gasteiger partial charge is 0.342 e. The maximum atomic E-state index is 13.2. The molecule has 1 saturated carbocycles. The predicted octanol–water partition coefficient (Wildman–Crippen LogP) is 3.56. The van der Waals surface area contributed by atoms with Gasteiger partial charge in [0.1, 0.15) is 12.3 Å². The Bertz CT molecular complexity index is 225. The zero-order valence-electron chi connectivity index (χ0n) is 7.77. The normalized spacial score (nSPS) is 32.5. The van der Waals surface area contributed by atoms with Crippen molar-refractivity contribution in [2.24, 2.45) is 5.92 Å². The molecule has 0 aliphatic heterocycles. The highest BCUT2D eigenvalue weighted by Crippen LogP contribution is 2.30. The maximum absolute atomic E-state index is 13.2. The average Bonchev–Trinajstić information content (AvgIpc) is 2.09. The molecule has 0 radical (unpaired) electrons. The van der Waals surface area contributed by atoms with Crippen LogP contribution in [0.3, 0.4) is 0 Å². The molecule has 5 heteroatoms. The Kier molecular flexibility index (Phi) is 3.77.